The van der Waals surface area contributed by atoms with Gasteiger partial charge >= 0.3 is 5.97 Å². The van der Waals surface area contributed by atoms with Gasteiger partial charge in [-0.1, -0.05) is 30.3 Å². The number of nitrogens with zero attached hydrogens (tertiary/aromatic N) is 1. The van der Waals surface area contributed by atoms with Gasteiger partial charge in [-0.2, -0.15) is 0 Å². The highest BCUT2D eigenvalue weighted by molar-refractivity contribution is 7.93. The fourth-order valence-corrected chi connectivity index (χ4v) is 5.42. The van der Waals surface area contributed by atoms with Gasteiger partial charge in [0.05, 0.1) is 24.8 Å². The van der Waals surface area contributed by atoms with E-state index < -0.39 is 22.0 Å². The SMILES string of the molecule is COC(=O)C1Cc2c(OC)cccc2N1S(=O)(=O)c1ccc(-c2ccc(F)cc2)cc1. The quantitative estimate of drug-likeness (QED) is 0.564. The topological polar surface area (TPSA) is 72.9 Å². The Labute approximate surface area is 179 Å². The number of methoxy groups -OCH3 is 2. The van der Waals surface area contributed by atoms with Crippen LogP contribution in [0.15, 0.2) is 71.6 Å². The summed E-state index contributed by atoms with van der Waals surface area (Å²) < 4.78 is 51.6. The molecule has 1 heterocycles. The smallest absolute Gasteiger partial charge is 0.330 e. The van der Waals surface area contributed by atoms with Gasteiger partial charge in [-0.25, -0.2) is 17.6 Å². The Morgan fingerprint density at radius 2 is 1.58 bits per heavy atom. The Hall–Kier alpha value is -3.39. The Bertz CT molecular complexity index is 1220. The van der Waals surface area contributed by atoms with Crippen molar-refractivity contribution in [3.63, 3.8) is 0 Å². The number of fused-ring (bicyclic) bond motifs is 1. The van der Waals surface area contributed by atoms with E-state index >= 15 is 0 Å². The van der Waals surface area contributed by atoms with E-state index in [0.29, 0.717) is 17.0 Å². The Kier molecular flexibility index (Phi) is 5.41. The van der Waals surface area contributed by atoms with Crippen LogP contribution in [0.2, 0.25) is 0 Å². The summed E-state index contributed by atoms with van der Waals surface area (Å²) in [6.45, 7) is 0. The molecule has 0 amide bonds. The summed E-state index contributed by atoms with van der Waals surface area (Å²) in [5.74, 6) is -0.486. The molecule has 160 valence electrons. The molecule has 0 saturated carbocycles. The number of benzene rings is 3. The van der Waals surface area contributed by atoms with Crippen molar-refractivity contribution in [2.75, 3.05) is 18.5 Å². The molecule has 3 aromatic rings. The van der Waals surface area contributed by atoms with E-state index in [9.17, 15) is 17.6 Å². The van der Waals surface area contributed by atoms with Crippen LogP contribution in [-0.2, 0) is 26.0 Å². The molecule has 0 N–H and O–H groups in total. The van der Waals surface area contributed by atoms with Crippen LogP contribution in [0.1, 0.15) is 5.56 Å². The van der Waals surface area contributed by atoms with Gasteiger partial charge in [-0.3, -0.25) is 4.31 Å². The summed E-state index contributed by atoms with van der Waals surface area (Å²) in [7, 11) is -1.35. The highest BCUT2D eigenvalue weighted by Crippen LogP contribution is 2.41. The maximum absolute atomic E-state index is 13.5. The number of carbonyl (C=O) groups excluding carboxylic acids is 1. The van der Waals surface area contributed by atoms with Crippen molar-refractivity contribution in [3.8, 4) is 16.9 Å². The molecule has 1 aliphatic heterocycles. The first kappa shape index (κ1) is 20.9. The zero-order valence-electron chi connectivity index (χ0n) is 16.9. The fraction of sp³-hybridized carbons (Fsp3) is 0.174. The summed E-state index contributed by atoms with van der Waals surface area (Å²) in [6, 6.07) is 16.2. The van der Waals surface area contributed by atoms with Crippen LogP contribution in [0, 0.1) is 5.82 Å². The average Bonchev–Trinajstić information content (AvgIpc) is 3.20. The van der Waals surface area contributed by atoms with Gasteiger partial charge in [0.2, 0.25) is 0 Å². The molecule has 6 nitrogen and oxygen atoms in total. The van der Waals surface area contributed by atoms with Crippen molar-refractivity contribution in [2.45, 2.75) is 17.4 Å². The number of anilines is 1. The zero-order valence-corrected chi connectivity index (χ0v) is 17.7. The van der Waals surface area contributed by atoms with E-state index in [4.69, 9.17) is 9.47 Å². The van der Waals surface area contributed by atoms with Gasteiger partial charge in [0.25, 0.3) is 10.0 Å². The lowest BCUT2D eigenvalue weighted by atomic mass is 10.1. The second-order valence-corrected chi connectivity index (χ2v) is 8.85. The Balaban J connectivity index is 1.76. The minimum absolute atomic E-state index is 0.0305. The van der Waals surface area contributed by atoms with Crippen LogP contribution in [0.4, 0.5) is 10.1 Å². The second-order valence-electron chi connectivity index (χ2n) is 7.03. The molecule has 4 rings (SSSR count). The van der Waals surface area contributed by atoms with Crippen LogP contribution < -0.4 is 9.04 Å². The highest BCUT2D eigenvalue weighted by Gasteiger charge is 2.44. The summed E-state index contributed by atoms with van der Waals surface area (Å²) >= 11 is 0. The first-order valence-electron chi connectivity index (χ1n) is 9.51. The summed E-state index contributed by atoms with van der Waals surface area (Å²) in [4.78, 5) is 12.5. The first-order valence-corrected chi connectivity index (χ1v) is 10.9. The largest absolute Gasteiger partial charge is 0.496 e. The van der Waals surface area contributed by atoms with Crippen molar-refractivity contribution >= 4 is 21.7 Å². The van der Waals surface area contributed by atoms with Gasteiger partial charge in [0.1, 0.15) is 17.6 Å². The predicted octanol–water partition coefficient (Wildman–Crippen LogP) is 3.79. The maximum Gasteiger partial charge on any atom is 0.330 e. The number of sulfonamides is 1. The molecule has 8 heteroatoms. The van der Waals surface area contributed by atoms with E-state index in [0.717, 1.165) is 15.4 Å². The van der Waals surface area contributed by atoms with E-state index in [-0.39, 0.29) is 17.1 Å². The highest BCUT2D eigenvalue weighted by atomic mass is 32.2. The third kappa shape index (κ3) is 3.63. The van der Waals surface area contributed by atoms with Crippen molar-refractivity contribution in [3.05, 3.63) is 78.1 Å². The molecule has 0 spiro atoms. The van der Waals surface area contributed by atoms with Crippen molar-refractivity contribution in [1.82, 2.24) is 0 Å². The number of ether oxygens (including phenoxy) is 2. The molecule has 1 unspecified atom stereocenters. The molecule has 0 bridgehead atoms. The van der Waals surface area contributed by atoms with Gasteiger partial charge < -0.3 is 9.47 Å². The van der Waals surface area contributed by atoms with Gasteiger partial charge in [0.15, 0.2) is 0 Å². The molecule has 31 heavy (non-hydrogen) atoms. The number of hydrogen-bond donors (Lipinski definition) is 0. The number of halogens is 1. The van der Waals surface area contributed by atoms with E-state index in [1.54, 1.807) is 42.5 Å². The van der Waals surface area contributed by atoms with Crippen LogP contribution in [0.5, 0.6) is 5.75 Å². The molecule has 0 fully saturated rings. The number of rotatable bonds is 5. The molecular weight excluding hydrogens is 421 g/mol. The van der Waals surface area contributed by atoms with Gasteiger partial charge in [-0.05, 0) is 47.5 Å². The monoisotopic (exact) mass is 441 g/mol. The van der Waals surface area contributed by atoms with E-state index in [2.05, 4.69) is 0 Å². The summed E-state index contributed by atoms with van der Waals surface area (Å²) in [6.07, 6.45) is 0.152. The van der Waals surface area contributed by atoms with Crippen LogP contribution in [-0.4, -0.2) is 34.6 Å². The standard InChI is InChI=1S/C23H20FNO5S/c1-29-22-5-3-4-20-19(22)14-21(23(26)30-2)25(20)31(27,28)18-12-8-16(9-13-18)15-6-10-17(24)11-7-15/h3-13,21H,14H2,1-2H3. The van der Waals surface area contributed by atoms with Crippen molar-refractivity contribution in [1.29, 1.82) is 0 Å². The minimum atomic E-state index is -4.07. The third-order valence-electron chi connectivity index (χ3n) is 5.31. The minimum Gasteiger partial charge on any atom is -0.496 e. The number of hydrogen-bond acceptors (Lipinski definition) is 5. The van der Waals surface area contributed by atoms with Gasteiger partial charge in [-0.15, -0.1) is 0 Å². The average molecular weight is 441 g/mol. The van der Waals surface area contributed by atoms with Crippen molar-refractivity contribution < 1.29 is 27.1 Å². The molecule has 0 aliphatic carbocycles. The normalized spacial score (nSPS) is 15.5. The molecule has 1 aliphatic rings. The zero-order chi connectivity index (χ0) is 22.2. The van der Waals surface area contributed by atoms with E-state index in [1.807, 2.05) is 0 Å². The van der Waals surface area contributed by atoms with Crippen LogP contribution in [0.3, 0.4) is 0 Å². The second kappa shape index (κ2) is 8.03. The fourth-order valence-electron chi connectivity index (χ4n) is 3.79. The maximum atomic E-state index is 13.5. The number of esters is 1. The summed E-state index contributed by atoms with van der Waals surface area (Å²) in [5, 5.41) is 0. The van der Waals surface area contributed by atoms with Crippen LogP contribution in [0.25, 0.3) is 11.1 Å². The Morgan fingerprint density at radius 1 is 0.968 bits per heavy atom. The Morgan fingerprint density at radius 3 is 2.16 bits per heavy atom. The molecule has 0 aromatic heterocycles. The molecule has 3 aromatic carbocycles. The summed E-state index contributed by atoms with van der Waals surface area (Å²) in [5.41, 5.74) is 2.52. The lowest BCUT2D eigenvalue weighted by Crippen LogP contribution is -2.43. The third-order valence-corrected chi connectivity index (χ3v) is 7.15. The molecule has 0 radical (unpaired) electrons. The van der Waals surface area contributed by atoms with Gasteiger partial charge in [0, 0.05) is 12.0 Å². The lowest BCUT2D eigenvalue weighted by molar-refractivity contribution is -0.141. The van der Waals surface area contributed by atoms with Crippen LogP contribution >= 0.6 is 0 Å². The molecule has 1 atom stereocenters. The number of carbonyl (C=O) groups is 1. The lowest BCUT2D eigenvalue weighted by Gasteiger charge is -2.25. The first-order chi connectivity index (χ1) is 14.9. The predicted molar refractivity (Wildman–Crippen MR) is 114 cm³/mol. The van der Waals surface area contributed by atoms with E-state index in [1.165, 1.54) is 38.5 Å². The molecular formula is C23H20FNO5S. The molecule has 0 saturated heterocycles. The van der Waals surface area contributed by atoms with Crippen molar-refractivity contribution in [2.24, 2.45) is 0 Å².